The van der Waals surface area contributed by atoms with Gasteiger partial charge in [0, 0.05) is 5.69 Å². The van der Waals surface area contributed by atoms with Gasteiger partial charge in [-0.05, 0) is 47.8 Å². The van der Waals surface area contributed by atoms with Crippen molar-refractivity contribution in [3.05, 3.63) is 59.7 Å². The molecule has 1 aromatic carbocycles. The molecule has 0 aliphatic carbocycles. The molecule has 1 atom stereocenters. The van der Waals surface area contributed by atoms with E-state index in [1.165, 1.54) is 11.3 Å². The minimum absolute atomic E-state index is 0.0943. The average molecular weight is 440 g/mol. The lowest BCUT2D eigenvalue weighted by molar-refractivity contribution is -0.274. The number of carbonyl (C=O) groups is 2. The summed E-state index contributed by atoms with van der Waals surface area (Å²) in [5.74, 6) is -1.76. The summed E-state index contributed by atoms with van der Waals surface area (Å²) >= 11 is 1.47. The first-order valence-corrected chi connectivity index (χ1v) is 9.36. The molecule has 158 valence electrons. The minimum Gasteiger partial charge on any atom is -0.457 e. The summed E-state index contributed by atoms with van der Waals surface area (Å²) in [6, 6.07) is 11.2. The summed E-state index contributed by atoms with van der Waals surface area (Å²) in [6.45, 7) is -0.276. The predicted octanol–water partition coefficient (Wildman–Crippen LogP) is 3.70. The van der Waals surface area contributed by atoms with Gasteiger partial charge in [-0.2, -0.15) is 0 Å². The number of aliphatic hydroxyl groups excluding tert-OH is 1. The van der Waals surface area contributed by atoms with Gasteiger partial charge in [0.2, 0.25) is 0 Å². The maximum atomic E-state index is 12.1. The number of hydrogen-bond acceptors (Lipinski definition) is 6. The molecule has 3 N–H and O–H groups in total. The quantitative estimate of drug-likeness (QED) is 0.508. The number of alkyl halides is 3. The maximum absolute atomic E-state index is 12.1. The molecule has 11 heteroatoms. The fourth-order valence-corrected chi connectivity index (χ4v) is 3.07. The van der Waals surface area contributed by atoms with Gasteiger partial charge in [0.25, 0.3) is 0 Å². The van der Waals surface area contributed by atoms with E-state index in [0.29, 0.717) is 5.76 Å². The number of anilines is 1. The maximum Gasteiger partial charge on any atom is 0.573 e. The minimum atomic E-state index is -4.83. The molecule has 0 aliphatic heterocycles. The van der Waals surface area contributed by atoms with Crippen molar-refractivity contribution < 1.29 is 37.0 Å². The Morgan fingerprint density at radius 3 is 2.47 bits per heavy atom. The molecule has 0 saturated carbocycles. The fraction of sp³-hybridized carbons (Fsp3) is 0.158. The number of furan rings is 1. The highest BCUT2D eigenvalue weighted by molar-refractivity contribution is 7.13. The molecule has 0 spiro atoms. The van der Waals surface area contributed by atoms with Crippen molar-refractivity contribution in [1.29, 1.82) is 0 Å². The zero-order valence-electron chi connectivity index (χ0n) is 15.1. The van der Waals surface area contributed by atoms with Crippen LogP contribution < -0.4 is 15.4 Å². The summed E-state index contributed by atoms with van der Waals surface area (Å²) < 4.78 is 45.6. The monoisotopic (exact) mass is 440 g/mol. The second-order valence-corrected chi connectivity index (χ2v) is 6.88. The molecule has 2 heterocycles. The molecule has 0 bridgehead atoms. The number of aliphatic hydroxyl groups is 1. The summed E-state index contributed by atoms with van der Waals surface area (Å²) in [5.41, 5.74) is 0.0943. The van der Waals surface area contributed by atoms with Crippen LogP contribution in [0.3, 0.4) is 0 Å². The van der Waals surface area contributed by atoms with E-state index in [4.69, 9.17) is 4.42 Å². The van der Waals surface area contributed by atoms with Gasteiger partial charge < -0.3 is 24.9 Å². The van der Waals surface area contributed by atoms with Crippen LogP contribution >= 0.6 is 11.3 Å². The molecular weight excluding hydrogens is 425 g/mol. The summed E-state index contributed by atoms with van der Waals surface area (Å²) in [4.78, 5) is 24.7. The largest absolute Gasteiger partial charge is 0.573 e. The van der Waals surface area contributed by atoms with Crippen LogP contribution in [0, 0.1) is 0 Å². The number of ether oxygens (including phenoxy) is 1. The molecule has 2 amide bonds. The Morgan fingerprint density at radius 1 is 1.10 bits per heavy atom. The van der Waals surface area contributed by atoms with E-state index in [1.54, 1.807) is 12.1 Å². The van der Waals surface area contributed by atoms with Gasteiger partial charge >= 0.3 is 18.2 Å². The van der Waals surface area contributed by atoms with Crippen molar-refractivity contribution in [3.63, 3.8) is 0 Å². The van der Waals surface area contributed by atoms with Crippen LogP contribution in [0.25, 0.3) is 10.6 Å². The lowest BCUT2D eigenvalue weighted by Gasteiger charge is -2.11. The first-order valence-electron chi connectivity index (χ1n) is 8.48. The second-order valence-electron chi connectivity index (χ2n) is 5.93. The van der Waals surface area contributed by atoms with E-state index in [9.17, 15) is 27.9 Å². The van der Waals surface area contributed by atoms with Crippen molar-refractivity contribution >= 4 is 28.8 Å². The van der Waals surface area contributed by atoms with Crippen LogP contribution in [-0.2, 0) is 9.59 Å². The Morgan fingerprint density at radius 2 is 1.83 bits per heavy atom. The number of halogens is 3. The normalized spacial score (nSPS) is 12.3. The van der Waals surface area contributed by atoms with Crippen molar-refractivity contribution in [3.8, 4) is 16.4 Å². The molecule has 1 unspecified atom stereocenters. The smallest absolute Gasteiger partial charge is 0.457 e. The van der Waals surface area contributed by atoms with Gasteiger partial charge in [-0.3, -0.25) is 9.59 Å². The molecule has 2 aromatic heterocycles. The molecule has 3 rings (SSSR count). The third-order valence-electron chi connectivity index (χ3n) is 3.73. The van der Waals surface area contributed by atoms with Gasteiger partial charge in [-0.25, -0.2) is 0 Å². The molecule has 0 saturated heterocycles. The van der Waals surface area contributed by atoms with Crippen molar-refractivity contribution in [1.82, 2.24) is 5.32 Å². The van der Waals surface area contributed by atoms with Gasteiger partial charge in [0.05, 0.1) is 11.4 Å². The van der Waals surface area contributed by atoms with Crippen LogP contribution in [0.15, 0.2) is 58.3 Å². The third kappa shape index (κ3) is 5.84. The van der Waals surface area contributed by atoms with E-state index in [-0.39, 0.29) is 18.0 Å². The lowest BCUT2D eigenvalue weighted by Crippen LogP contribution is -2.37. The Balaban J connectivity index is 1.49. The molecule has 3 aromatic rings. The molecule has 0 radical (unpaired) electrons. The van der Waals surface area contributed by atoms with Crippen LogP contribution in [0.2, 0.25) is 0 Å². The number of amides is 2. The van der Waals surface area contributed by atoms with E-state index in [2.05, 4.69) is 15.4 Å². The number of benzene rings is 1. The van der Waals surface area contributed by atoms with Crippen molar-refractivity contribution in [2.75, 3.05) is 11.9 Å². The predicted molar refractivity (Wildman–Crippen MR) is 102 cm³/mol. The van der Waals surface area contributed by atoms with Gasteiger partial charge in [-0.1, -0.05) is 6.07 Å². The van der Waals surface area contributed by atoms with Crippen LogP contribution in [-0.4, -0.2) is 29.8 Å². The first kappa shape index (κ1) is 21.4. The summed E-state index contributed by atoms with van der Waals surface area (Å²) in [7, 11) is 0. The Kier molecular flexibility index (Phi) is 6.43. The SMILES string of the molecule is O=C(NCC(O)c1ccc(-c2cccs2)o1)C(=O)Nc1ccc(OC(F)(F)F)cc1. The highest BCUT2D eigenvalue weighted by Crippen LogP contribution is 2.28. The Labute approximate surface area is 172 Å². The highest BCUT2D eigenvalue weighted by Gasteiger charge is 2.31. The number of thiophene rings is 1. The van der Waals surface area contributed by atoms with Gasteiger partial charge in [-0.15, -0.1) is 24.5 Å². The summed E-state index contributed by atoms with van der Waals surface area (Å²) in [5, 5.41) is 16.5. The molecule has 0 aliphatic rings. The summed E-state index contributed by atoms with van der Waals surface area (Å²) in [6.07, 6.45) is -6.00. The molecule has 7 nitrogen and oxygen atoms in total. The van der Waals surface area contributed by atoms with Gasteiger partial charge in [0.15, 0.2) is 0 Å². The topological polar surface area (TPSA) is 101 Å². The standard InChI is InChI=1S/C19H15F3N2O5S/c20-19(21,22)29-12-5-3-11(4-6-12)24-18(27)17(26)23-10-13(25)14-7-8-15(28-14)16-2-1-9-30-16/h1-9,13,25H,10H2,(H,23,26)(H,24,27). The number of carbonyl (C=O) groups excluding carboxylic acids is 2. The van der Waals surface area contributed by atoms with E-state index in [0.717, 1.165) is 29.1 Å². The van der Waals surface area contributed by atoms with Crippen LogP contribution in [0.1, 0.15) is 11.9 Å². The van der Waals surface area contributed by atoms with Gasteiger partial charge in [0.1, 0.15) is 23.4 Å². The number of nitrogens with one attached hydrogen (secondary N) is 2. The Hall–Kier alpha value is -3.31. The van der Waals surface area contributed by atoms with E-state index >= 15 is 0 Å². The number of rotatable bonds is 6. The average Bonchev–Trinajstić information content (AvgIpc) is 3.37. The van der Waals surface area contributed by atoms with E-state index < -0.39 is 30.0 Å². The Bertz CT molecular complexity index is 1000. The van der Waals surface area contributed by atoms with E-state index in [1.807, 2.05) is 17.5 Å². The third-order valence-corrected chi connectivity index (χ3v) is 4.61. The number of hydrogen-bond donors (Lipinski definition) is 3. The highest BCUT2D eigenvalue weighted by atomic mass is 32.1. The molecular formula is C19H15F3N2O5S. The fourth-order valence-electron chi connectivity index (χ4n) is 2.38. The molecule has 30 heavy (non-hydrogen) atoms. The van der Waals surface area contributed by atoms with Crippen molar-refractivity contribution in [2.24, 2.45) is 0 Å². The van der Waals surface area contributed by atoms with Crippen molar-refractivity contribution in [2.45, 2.75) is 12.5 Å². The zero-order chi connectivity index (χ0) is 21.7. The van der Waals surface area contributed by atoms with Crippen LogP contribution in [0.4, 0.5) is 18.9 Å². The first-order chi connectivity index (χ1) is 14.2. The molecule has 0 fully saturated rings. The van der Waals surface area contributed by atoms with Crippen LogP contribution in [0.5, 0.6) is 5.75 Å². The lowest BCUT2D eigenvalue weighted by atomic mass is 10.2. The second kappa shape index (κ2) is 9.01. The zero-order valence-corrected chi connectivity index (χ0v) is 15.9.